The fourth-order valence-corrected chi connectivity index (χ4v) is 3.16. The molecule has 0 aliphatic heterocycles. The second-order valence-electron chi connectivity index (χ2n) is 5.85. The van der Waals surface area contributed by atoms with Crippen molar-refractivity contribution in [2.24, 2.45) is 0 Å². The first-order valence-corrected chi connectivity index (χ1v) is 7.68. The van der Waals surface area contributed by atoms with Crippen molar-refractivity contribution < 1.29 is 14.6 Å². The van der Waals surface area contributed by atoms with Crippen molar-refractivity contribution in [1.29, 1.82) is 0 Å². The van der Waals surface area contributed by atoms with Gasteiger partial charge < -0.3 is 9.84 Å². The molecule has 2 rings (SSSR count). The lowest BCUT2D eigenvalue weighted by atomic mass is 9.86. The number of methoxy groups -OCH3 is 1. The van der Waals surface area contributed by atoms with E-state index in [1.54, 1.807) is 7.11 Å². The van der Waals surface area contributed by atoms with E-state index in [-0.39, 0.29) is 6.54 Å². The number of rotatable bonds is 6. The number of ether oxygens (including phenoxy) is 1. The highest BCUT2D eigenvalue weighted by molar-refractivity contribution is 5.69. The number of carboxylic acid groups (broad SMARTS) is 1. The van der Waals surface area contributed by atoms with E-state index in [4.69, 9.17) is 4.74 Å². The van der Waals surface area contributed by atoms with Crippen molar-refractivity contribution in [3.8, 4) is 5.75 Å². The minimum absolute atomic E-state index is 0.124. The van der Waals surface area contributed by atoms with Crippen LogP contribution in [0.1, 0.15) is 37.8 Å². The molecule has 0 fully saturated rings. The summed E-state index contributed by atoms with van der Waals surface area (Å²) in [5.74, 6) is 0.134. The van der Waals surface area contributed by atoms with Crippen molar-refractivity contribution in [2.45, 2.75) is 51.6 Å². The third-order valence-corrected chi connectivity index (χ3v) is 4.56. The summed E-state index contributed by atoms with van der Waals surface area (Å²) in [6.07, 6.45) is 3.91. The van der Waals surface area contributed by atoms with E-state index in [0.717, 1.165) is 31.4 Å². The molecule has 0 amide bonds. The van der Waals surface area contributed by atoms with Crippen LogP contribution in [-0.4, -0.2) is 41.7 Å². The molecule has 0 aromatic heterocycles. The Morgan fingerprint density at radius 1 is 1.48 bits per heavy atom. The maximum Gasteiger partial charge on any atom is 0.317 e. The van der Waals surface area contributed by atoms with Gasteiger partial charge in [0.15, 0.2) is 0 Å². The van der Waals surface area contributed by atoms with Crippen LogP contribution in [-0.2, 0) is 17.6 Å². The Balaban J connectivity index is 2.18. The zero-order valence-corrected chi connectivity index (χ0v) is 13.1. The van der Waals surface area contributed by atoms with Gasteiger partial charge in [-0.2, -0.15) is 0 Å². The predicted molar refractivity (Wildman–Crippen MR) is 82.9 cm³/mol. The van der Waals surface area contributed by atoms with Gasteiger partial charge in [0.1, 0.15) is 5.75 Å². The Morgan fingerprint density at radius 2 is 2.24 bits per heavy atom. The molecule has 1 aliphatic carbocycles. The zero-order valence-electron chi connectivity index (χ0n) is 13.1. The molecular formula is C17H25NO3. The second kappa shape index (κ2) is 6.94. The van der Waals surface area contributed by atoms with Crippen molar-refractivity contribution in [3.63, 3.8) is 0 Å². The van der Waals surface area contributed by atoms with Gasteiger partial charge in [-0.3, -0.25) is 9.69 Å². The molecule has 0 saturated carbocycles. The van der Waals surface area contributed by atoms with Crippen molar-refractivity contribution >= 4 is 5.97 Å². The molecule has 0 radical (unpaired) electrons. The first-order valence-electron chi connectivity index (χ1n) is 7.68. The first-order chi connectivity index (χ1) is 10.0. The van der Waals surface area contributed by atoms with E-state index in [1.165, 1.54) is 11.1 Å². The SMILES string of the molecule is CCC(C)N(CC(=O)O)C1CCc2ccc(OC)cc2C1. The summed E-state index contributed by atoms with van der Waals surface area (Å²) in [6, 6.07) is 6.82. The summed E-state index contributed by atoms with van der Waals surface area (Å²) < 4.78 is 5.30. The highest BCUT2D eigenvalue weighted by atomic mass is 16.5. The molecule has 1 aliphatic rings. The predicted octanol–water partition coefficient (Wildman–Crippen LogP) is 2.74. The van der Waals surface area contributed by atoms with Crippen LogP contribution in [0.5, 0.6) is 5.75 Å². The van der Waals surface area contributed by atoms with Crippen LogP contribution in [0.3, 0.4) is 0 Å². The molecule has 4 heteroatoms. The highest BCUT2D eigenvalue weighted by Gasteiger charge is 2.28. The lowest BCUT2D eigenvalue weighted by Crippen LogP contribution is -2.47. The Morgan fingerprint density at radius 3 is 2.86 bits per heavy atom. The standard InChI is InChI=1S/C17H25NO3/c1-4-12(2)18(11-17(19)20)15-7-5-13-6-8-16(21-3)10-14(13)9-15/h6,8,10,12,15H,4-5,7,9,11H2,1-3H3,(H,19,20). The van der Waals surface area contributed by atoms with Gasteiger partial charge in [0.25, 0.3) is 0 Å². The molecule has 1 N–H and O–H groups in total. The number of aryl methyl sites for hydroxylation is 1. The van der Waals surface area contributed by atoms with Crippen molar-refractivity contribution in [3.05, 3.63) is 29.3 Å². The van der Waals surface area contributed by atoms with Crippen molar-refractivity contribution in [2.75, 3.05) is 13.7 Å². The Kier molecular flexibility index (Phi) is 5.23. The summed E-state index contributed by atoms with van der Waals surface area (Å²) in [7, 11) is 1.68. The van der Waals surface area contributed by atoms with Crippen LogP contribution in [0.25, 0.3) is 0 Å². The molecule has 1 aromatic rings. The van der Waals surface area contributed by atoms with E-state index in [1.807, 2.05) is 6.07 Å². The molecule has 0 spiro atoms. The number of carbonyl (C=O) groups is 1. The van der Waals surface area contributed by atoms with Crippen LogP contribution >= 0.6 is 0 Å². The highest BCUT2D eigenvalue weighted by Crippen LogP contribution is 2.29. The van der Waals surface area contributed by atoms with Crippen LogP contribution in [0.2, 0.25) is 0 Å². The topological polar surface area (TPSA) is 49.8 Å². The van der Waals surface area contributed by atoms with E-state index in [2.05, 4.69) is 30.9 Å². The fourth-order valence-electron chi connectivity index (χ4n) is 3.16. The van der Waals surface area contributed by atoms with Gasteiger partial charge in [-0.1, -0.05) is 13.0 Å². The summed E-state index contributed by atoms with van der Waals surface area (Å²) in [5, 5.41) is 9.17. The van der Waals surface area contributed by atoms with E-state index in [0.29, 0.717) is 12.1 Å². The molecule has 0 heterocycles. The lowest BCUT2D eigenvalue weighted by Gasteiger charge is -2.38. The summed E-state index contributed by atoms with van der Waals surface area (Å²) in [4.78, 5) is 13.3. The maximum absolute atomic E-state index is 11.2. The number of benzene rings is 1. The van der Waals surface area contributed by atoms with E-state index in [9.17, 15) is 9.90 Å². The van der Waals surface area contributed by atoms with Crippen LogP contribution in [0.4, 0.5) is 0 Å². The van der Waals surface area contributed by atoms with Crippen LogP contribution in [0.15, 0.2) is 18.2 Å². The van der Waals surface area contributed by atoms with Crippen LogP contribution in [0, 0.1) is 0 Å². The number of hydrogen-bond donors (Lipinski definition) is 1. The minimum Gasteiger partial charge on any atom is -0.497 e. The fraction of sp³-hybridized carbons (Fsp3) is 0.588. The smallest absolute Gasteiger partial charge is 0.317 e. The largest absolute Gasteiger partial charge is 0.497 e. The number of hydrogen-bond acceptors (Lipinski definition) is 3. The second-order valence-corrected chi connectivity index (χ2v) is 5.85. The molecule has 4 nitrogen and oxygen atoms in total. The molecule has 0 saturated heterocycles. The quantitative estimate of drug-likeness (QED) is 0.875. The third-order valence-electron chi connectivity index (χ3n) is 4.56. The third kappa shape index (κ3) is 3.76. The zero-order chi connectivity index (χ0) is 15.4. The normalized spacial score (nSPS) is 19.1. The Hall–Kier alpha value is -1.55. The van der Waals surface area contributed by atoms with Gasteiger partial charge in [-0.25, -0.2) is 0 Å². The molecule has 1 aromatic carbocycles. The lowest BCUT2D eigenvalue weighted by molar-refractivity contribution is -0.139. The van der Waals surface area contributed by atoms with Gasteiger partial charge in [0.05, 0.1) is 13.7 Å². The first kappa shape index (κ1) is 15.8. The Labute approximate surface area is 126 Å². The monoisotopic (exact) mass is 291 g/mol. The van der Waals surface area contributed by atoms with Gasteiger partial charge in [0.2, 0.25) is 0 Å². The van der Waals surface area contributed by atoms with Gasteiger partial charge >= 0.3 is 5.97 Å². The molecule has 21 heavy (non-hydrogen) atoms. The number of carboxylic acids is 1. The maximum atomic E-state index is 11.2. The summed E-state index contributed by atoms with van der Waals surface area (Å²) >= 11 is 0. The average molecular weight is 291 g/mol. The van der Waals surface area contributed by atoms with E-state index < -0.39 is 5.97 Å². The number of aliphatic carboxylic acids is 1. The Bertz CT molecular complexity index is 501. The molecule has 116 valence electrons. The molecule has 2 unspecified atom stereocenters. The van der Waals surface area contributed by atoms with E-state index >= 15 is 0 Å². The van der Waals surface area contributed by atoms with Crippen LogP contribution < -0.4 is 4.74 Å². The van der Waals surface area contributed by atoms with Gasteiger partial charge in [-0.05, 0) is 55.9 Å². The molecule has 0 bridgehead atoms. The number of fused-ring (bicyclic) bond motifs is 1. The summed E-state index contributed by atoms with van der Waals surface area (Å²) in [5.41, 5.74) is 2.66. The molecule has 2 atom stereocenters. The minimum atomic E-state index is -0.744. The van der Waals surface area contributed by atoms with Crippen molar-refractivity contribution in [1.82, 2.24) is 4.90 Å². The summed E-state index contributed by atoms with van der Waals surface area (Å²) in [6.45, 7) is 4.35. The average Bonchev–Trinajstić information content (AvgIpc) is 2.50. The molecular weight excluding hydrogens is 266 g/mol. The van der Waals surface area contributed by atoms with Gasteiger partial charge in [-0.15, -0.1) is 0 Å². The number of nitrogens with zero attached hydrogens (tertiary/aromatic N) is 1. The van der Waals surface area contributed by atoms with Gasteiger partial charge in [0, 0.05) is 12.1 Å².